The van der Waals surface area contributed by atoms with E-state index in [9.17, 15) is 0 Å². The molecule has 3 heteroatoms. The maximum atomic E-state index is 4.41. The number of hydrogen-bond acceptors (Lipinski definition) is 3. The van der Waals surface area contributed by atoms with Crippen molar-refractivity contribution in [2.24, 2.45) is 0 Å². The van der Waals surface area contributed by atoms with Gasteiger partial charge in [-0.05, 0) is 12.5 Å². The molecule has 2 aromatic rings. The lowest BCUT2D eigenvalue weighted by molar-refractivity contribution is 1.11. The van der Waals surface area contributed by atoms with E-state index < -0.39 is 0 Å². The van der Waals surface area contributed by atoms with Crippen LogP contribution in [-0.2, 0) is 6.42 Å². The van der Waals surface area contributed by atoms with Gasteiger partial charge in [-0.15, -0.1) is 11.3 Å². The summed E-state index contributed by atoms with van der Waals surface area (Å²) in [5, 5.41) is 1.19. The van der Waals surface area contributed by atoms with Crippen molar-refractivity contribution >= 4 is 21.6 Å². The Labute approximate surface area is 68.9 Å². The third kappa shape index (κ3) is 1.12. The Bertz CT molecular complexity index is 334. The van der Waals surface area contributed by atoms with Crippen LogP contribution in [0.5, 0.6) is 0 Å². The van der Waals surface area contributed by atoms with Crippen LogP contribution in [-0.4, -0.2) is 9.97 Å². The molecular weight excluding hydrogens is 156 g/mol. The molecule has 0 spiro atoms. The fourth-order valence-electron chi connectivity index (χ4n) is 0.979. The van der Waals surface area contributed by atoms with Gasteiger partial charge in [-0.2, -0.15) is 0 Å². The molecule has 56 valence electrons. The van der Waals surface area contributed by atoms with Crippen molar-refractivity contribution in [2.45, 2.75) is 13.3 Å². The van der Waals surface area contributed by atoms with Gasteiger partial charge in [0.25, 0.3) is 0 Å². The van der Waals surface area contributed by atoms with Crippen molar-refractivity contribution in [3.63, 3.8) is 0 Å². The van der Waals surface area contributed by atoms with E-state index in [2.05, 4.69) is 16.9 Å². The highest BCUT2D eigenvalue weighted by molar-refractivity contribution is 7.18. The van der Waals surface area contributed by atoms with E-state index in [1.165, 1.54) is 9.71 Å². The Morgan fingerprint density at radius 3 is 3.18 bits per heavy atom. The van der Waals surface area contributed by atoms with Crippen molar-refractivity contribution in [3.8, 4) is 0 Å². The van der Waals surface area contributed by atoms with Gasteiger partial charge in [0.05, 0.1) is 15.2 Å². The minimum absolute atomic E-state index is 1.01. The van der Waals surface area contributed by atoms with Crippen LogP contribution < -0.4 is 0 Å². The third-order valence-corrected chi connectivity index (χ3v) is 2.69. The van der Waals surface area contributed by atoms with Crippen molar-refractivity contribution in [1.29, 1.82) is 0 Å². The minimum Gasteiger partial charge on any atom is -0.263 e. The zero-order chi connectivity index (χ0) is 7.68. The average Bonchev–Trinajstić information content (AvgIpc) is 2.46. The number of nitrogens with zero attached hydrogens (tertiary/aromatic N) is 2. The molecule has 0 aliphatic heterocycles. The van der Waals surface area contributed by atoms with Gasteiger partial charge in [0.1, 0.15) is 0 Å². The molecule has 0 radical (unpaired) electrons. The van der Waals surface area contributed by atoms with Crippen LogP contribution in [0.4, 0.5) is 0 Å². The SMILES string of the molecule is CCc1nc2ccncc2s1. The zero-order valence-electron chi connectivity index (χ0n) is 6.24. The highest BCUT2D eigenvalue weighted by atomic mass is 32.1. The fourth-order valence-corrected chi connectivity index (χ4v) is 1.85. The molecule has 0 atom stereocenters. The van der Waals surface area contributed by atoms with Crippen LogP contribution in [0, 0.1) is 0 Å². The summed E-state index contributed by atoms with van der Waals surface area (Å²) in [5.74, 6) is 0. The second-order valence-electron chi connectivity index (χ2n) is 2.30. The summed E-state index contributed by atoms with van der Waals surface area (Å²) in [6.45, 7) is 2.12. The molecule has 2 heterocycles. The Balaban J connectivity index is 2.69. The third-order valence-electron chi connectivity index (χ3n) is 1.54. The first-order valence-electron chi connectivity index (χ1n) is 3.59. The molecule has 0 N–H and O–H groups in total. The first-order valence-corrected chi connectivity index (χ1v) is 4.41. The predicted octanol–water partition coefficient (Wildman–Crippen LogP) is 2.25. The fraction of sp³-hybridized carbons (Fsp3) is 0.250. The Kier molecular flexibility index (Phi) is 1.58. The number of aromatic nitrogens is 2. The second-order valence-corrected chi connectivity index (χ2v) is 3.42. The molecular formula is C8H8N2S. The number of rotatable bonds is 1. The van der Waals surface area contributed by atoms with Gasteiger partial charge >= 0.3 is 0 Å². The zero-order valence-corrected chi connectivity index (χ0v) is 7.06. The standard InChI is InChI=1S/C8H8N2S/c1-2-8-10-6-3-4-9-5-7(6)11-8/h3-5H,2H2,1H3. The van der Waals surface area contributed by atoms with Gasteiger partial charge in [-0.1, -0.05) is 6.92 Å². The molecule has 0 saturated carbocycles. The molecule has 0 aliphatic carbocycles. The van der Waals surface area contributed by atoms with E-state index in [4.69, 9.17) is 0 Å². The topological polar surface area (TPSA) is 25.8 Å². The molecule has 0 saturated heterocycles. The molecule has 0 aliphatic rings. The summed E-state index contributed by atoms with van der Waals surface area (Å²) in [6, 6.07) is 1.95. The highest BCUT2D eigenvalue weighted by Gasteiger charge is 1.99. The van der Waals surface area contributed by atoms with Crippen LogP contribution in [0.1, 0.15) is 11.9 Å². The Hall–Kier alpha value is -0.960. The van der Waals surface area contributed by atoms with E-state index in [1.54, 1.807) is 17.5 Å². The van der Waals surface area contributed by atoms with Gasteiger partial charge in [-0.3, -0.25) is 4.98 Å². The van der Waals surface area contributed by atoms with Crippen LogP contribution in [0.15, 0.2) is 18.5 Å². The normalized spacial score (nSPS) is 10.6. The van der Waals surface area contributed by atoms with Gasteiger partial charge in [0.15, 0.2) is 0 Å². The molecule has 2 rings (SSSR count). The molecule has 2 aromatic heterocycles. The summed E-state index contributed by atoms with van der Waals surface area (Å²) in [7, 11) is 0. The van der Waals surface area contributed by atoms with Crippen molar-refractivity contribution in [2.75, 3.05) is 0 Å². The van der Waals surface area contributed by atoms with Crippen LogP contribution >= 0.6 is 11.3 Å². The number of fused-ring (bicyclic) bond motifs is 1. The Morgan fingerprint density at radius 2 is 2.45 bits per heavy atom. The van der Waals surface area contributed by atoms with Crippen LogP contribution in [0.25, 0.3) is 10.2 Å². The van der Waals surface area contributed by atoms with Crippen molar-refractivity contribution in [1.82, 2.24) is 9.97 Å². The monoisotopic (exact) mass is 164 g/mol. The summed E-state index contributed by atoms with van der Waals surface area (Å²) in [4.78, 5) is 8.44. The summed E-state index contributed by atoms with van der Waals surface area (Å²) < 4.78 is 1.18. The van der Waals surface area contributed by atoms with Gasteiger partial charge in [0.2, 0.25) is 0 Å². The molecule has 0 amide bonds. The van der Waals surface area contributed by atoms with Crippen LogP contribution in [0.2, 0.25) is 0 Å². The highest BCUT2D eigenvalue weighted by Crippen LogP contribution is 2.20. The average molecular weight is 164 g/mol. The molecule has 0 unspecified atom stereocenters. The van der Waals surface area contributed by atoms with E-state index in [0.717, 1.165) is 11.9 Å². The smallest absolute Gasteiger partial charge is 0.0936 e. The van der Waals surface area contributed by atoms with E-state index in [1.807, 2.05) is 12.3 Å². The lowest BCUT2D eigenvalue weighted by atomic mass is 10.4. The van der Waals surface area contributed by atoms with Crippen LogP contribution in [0.3, 0.4) is 0 Å². The lowest BCUT2D eigenvalue weighted by Crippen LogP contribution is -1.73. The van der Waals surface area contributed by atoms with E-state index in [-0.39, 0.29) is 0 Å². The van der Waals surface area contributed by atoms with Crippen molar-refractivity contribution in [3.05, 3.63) is 23.5 Å². The maximum absolute atomic E-state index is 4.41. The van der Waals surface area contributed by atoms with Gasteiger partial charge in [0, 0.05) is 12.4 Å². The number of aryl methyl sites for hydroxylation is 1. The lowest BCUT2D eigenvalue weighted by Gasteiger charge is -1.80. The molecule has 2 nitrogen and oxygen atoms in total. The number of hydrogen-bond donors (Lipinski definition) is 0. The number of pyridine rings is 1. The first-order chi connectivity index (χ1) is 5.40. The first kappa shape index (κ1) is 6.73. The van der Waals surface area contributed by atoms with E-state index >= 15 is 0 Å². The second kappa shape index (κ2) is 2.58. The van der Waals surface area contributed by atoms with Gasteiger partial charge < -0.3 is 0 Å². The van der Waals surface area contributed by atoms with Gasteiger partial charge in [-0.25, -0.2) is 4.98 Å². The maximum Gasteiger partial charge on any atom is 0.0936 e. The molecule has 0 fully saturated rings. The molecule has 0 aromatic carbocycles. The summed E-state index contributed by atoms with van der Waals surface area (Å²) in [5.41, 5.74) is 1.07. The summed E-state index contributed by atoms with van der Waals surface area (Å²) in [6.07, 6.45) is 4.66. The minimum atomic E-state index is 1.01. The largest absolute Gasteiger partial charge is 0.263 e. The summed E-state index contributed by atoms with van der Waals surface area (Å²) >= 11 is 1.72. The quantitative estimate of drug-likeness (QED) is 0.646. The Morgan fingerprint density at radius 1 is 1.55 bits per heavy atom. The molecule has 11 heavy (non-hydrogen) atoms. The molecule has 0 bridgehead atoms. The predicted molar refractivity (Wildman–Crippen MR) is 46.8 cm³/mol. The van der Waals surface area contributed by atoms with E-state index in [0.29, 0.717) is 0 Å². The van der Waals surface area contributed by atoms with Crippen molar-refractivity contribution < 1.29 is 0 Å². The number of thiazole rings is 1.